The summed E-state index contributed by atoms with van der Waals surface area (Å²) < 4.78 is 0. The lowest BCUT2D eigenvalue weighted by atomic mass is 9.77. The van der Waals surface area contributed by atoms with Gasteiger partial charge in [-0.15, -0.1) is 12.8 Å². The van der Waals surface area contributed by atoms with Crippen LogP contribution in [0.25, 0.3) is 5.70 Å². The summed E-state index contributed by atoms with van der Waals surface area (Å²) in [7, 11) is 1.50. The molecule has 1 aliphatic rings. The zero-order chi connectivity index (χ0) is 23.9. The van der Waals surface area contributed by atoms with Crippen LogP contribution >= 0.6 is 0 Å². The van der Waals surface area contributed by atoms with Gasteiger partial charge in [-0.1, -0.05) is 98.3 Å². The van der Waals surface area contributed by atoms with E-state index in [2.05, 4.69) is 116 Å². The highest BCUT2D eigenvalue weighted by Crippen LogP contribution is 2.42. The van der Waals surface area contributed by atoms with Crippen LogP contribution in [-0.2, 0) is 6.42 Å². The van der Waals surface area contributed by atoms with Crippen molar-refractivity contribution in [1.29, 1.82) is 0 Å². The molecule has 0 spiro atoms. The van der Waals surface area contributed by atoms with E-state index in [-0.39, 0.29) is 5.92 Å². The van der Waals surface area contributed by atoms with E-state index in [0.29, 0.717) is 0 Å². The van der Waals surface area contributed by atoms with Crippen molar-refractivity contribution in [2.45, 2.75) is 39.5 Å². The molecule has 0 bridgehead atoms. The molecule has 0 aliphatic heterocycles. The summed E-state index contributed by atoms with van der Waals surface area (Å²) in [5, 5.41) is 0. The number of hydrogen-bond donors (Lipinski definition) is 1. The molecule has 0 aromatic heterocycles. The molecule has 0 saturated carbocycles. The van der Waals surface area contributed by atoms with Crippen LogP contribution in [0.4, 0.5) is 0 Å². The van der Waals surface area contributed by atoms with Gasteiger partial charge in [0.1, 0.15) is 0 Å². The molecule has 2 heteroatoms. The van der Waals surface area contributed by atoms with Gasteiger partial charge in [0.05, 0.1) is 5.70 Å². The Morgan fingerprint density at radius 1 is 0.812 bits per heavy atom. The highest BCUT2D eigenvalue weighted by molar-refractivity contribution is 5.77. The van der Waals surface area contributed by atoms with E-state index in [0.717, 1.165) is 18.5 Å². The Morgan fingerprint density at radius 3 is 1.78 bits per heavy atom. The molecule has 3 aromatic rings. The van der Waals surface area contributed by atoms with Gasteiger partial charge in [0.25, 0.3) is 0 Å². The molecular formula is C30H36N2. The third kappa shape index (κ3) is 6.30. The number of aryl methyl sites for hydroxylation is 2. The monoisotopic (exact) mass is 424 g/mol. The molecule has 0 unspecified atom stereocenters. The number of hydrogen-bond acceptors (Lipinski definition) is 2. The maximum absolute atomic E-state index is 4.50. The average molecular weight is 425 g/mol. The third-order valence-electron chi connectivity index (χ3n) is 5.26. The summed E-state index contributed by atoms with van der Waals surface area (Å²) in [6, 6.07) is 28.2. The summed E-state index contributed by atoms with van der Waals surface area (Å²) in [6.07, 6.45) is 10.1. The first-order valence-corrected chi connectivity index (χ1v) is 11.1. The van der Waals surface area contributed by atoms with Crippen molar-refractivity contribution in [1.82, 2.24) is 0 Å². The van der Waals surface area contributed by atoms with E-state index in [1.807, 2.05) is 13.8 Å². The van der Waals surface area contributed by atoms with Crippen LogP contribution in [0, 0.1) is 19.8 Å². The second-order valence-electron chi connectivity index (χ2n) is 6.95. The second kappa shape index (κ2) is 14.6. The summed E-state index contributed by atoms with van der Waals surface area (Å²) in [5.41, 5.74) is 13.5. The first-order chi connectivity index (χ1) is 15.8. The number of allylic oxidation sites excluding steroid dienone is 1. The van der Waals surface area contributed by atoms with Crippen molar-refractivity contribution in [3.05, 3.63) is 112 Å². The molecule has 3 aromatic carbocycles. The van der Waals surface area contributed by atoms with Crippen LogP contribution < -0.4 is 5.73 Å². The minimum absolute atomic E-state index is 0.215. The molecule has 0 atom stereocenters. The van der Waals surface area contributed by atoms with Gasteiger partial charge < -0.3 is 5.73 Å². The Labute approximate surface area is 194 Å². The van der Waals surface area contributed by atoms with Gasteiger partial charge in [-0.25, -0.2) is 0 Å². The second-order valence-corrected chi connectivity index (χ2v) is 6.95. The summed E-state index contributed by atoms with van der Waals surface area (Å²) in [5.74, 6) is 0.215. The summed E-state index contributed by atoms with van der Waals surface area (Å²) in [4.78, 5) is 4.50. The van der Waals surface area contributed by atoms with Crippen molar-refractivity contribution in [2.75, 3.05) is 7.05 Å². The molecule has 4 rings (SSSR count). The number of benzene rings is 3. The van der Waals surface area contributed by atoms with Gasteiger partial charge in [-0.3, -0.25) is 4.99 Å². The third-order valence-corrected chi connectivity index (χ3v) is 5.26. The molecular weight excluding hydrogens is 388 g/mol. The van der Waals surface area contributed by atoms with E-state index in [1.165, 1.54) is 40.4 Å². The van der Waals surface area contributed by atoms with E-state index in [9.17, 15) is 0 Å². The van der Waals surface area contributed by atoms with Crippen LogP contribution in [-0.4, -0.2) is 13.8 Å². The van der Waals surface area contributed by atoms with E-state index in [4.69, 9.17) is 0 Å². The molecule has 166 valence electrons. The van der Waals surface area contributed by atoms with Crippen molar-refractivity contribution in [2.24, 2.45) is 10.7 Å². The quantitative estimate of drug-likeness (QED) is 0.354. The largest absolute Gasteiger partial charge is 0.333 e. The maximum atomic E-state index is 4.50. The minimum atomic E-state index is 0.215. The van der Waals surface area contributed by atoms with Gasteiger partial charge >= 0.3 is 0 Å². The predicted molar refractivity (Wildman–Crippen MR) is 142 cm³/mol. The van der Waals surface area contributed by atoms with E-state index < -0.39 is 0 Å². The smallest absolute Gasteiger partial charge is 0.0699 e. The molecule has 0 amide bonds. The van der Waals surface area contributed by atoms with Gasteiger partial charge in [0, 0.05) is 11.5 Å². The Kier molecular flexibility index (Phi) is 12.1. The molecule has 2 N–H and O–H groups in total. The molecule has 0 saturated heterocycles. The Hall–Kier alpha value is -3.41. The van der Waals surface area contributed by atoms with Crippen molar-refractivity contribution < 1.29 is 0 Å². The Morgan fingerprint density at radius 2 is 1.31 bits per heavy atom. The van der Waals surface area contributed by atoms with Gasteiger partial charge in [-0.2, -0.15) is 0 Å². The standard InChI is InChI=1S/C25H23N.C2H6.C2H2.CH5N/c1-18-13-15-22-21(17-18)14-16-23(25(22)26-2)24(19-9-5-3-6-10-19)20-11-7-4-8-12-20;3*1-2/h3-13,15,17,24H,2,14,16H2,1H3;1-2H3;1-2H;2H2,1H3. The molecule has 0 radical (unpaired) electrons. The summed E-state index contributed by atoms with van der Waals surface area (Å²) in [6.45, 7) is 10.1. The van der Waals surface area contributed by atoms with E-state index >= 15 is 0 Å². The molecule has 32 heavy (non-hydrogen) atoms. The molecule has 0 heterocycles. The molecule has 1 aliphatic carbocycles. The van der Waals surface area contributed by atoms with Gasteiger partial charge in [-0.05, 0) is 55.8 Å². The Bertz CT molecular complexity index is 959. The van der Waals surface area contributed by atoms with Crippen LogP contribution in [0.2, 0.25) is 0 Å². The average Bonchev–Trinajstić information content (AvgIpc) is 2.89. The lowest BCUT2D eigenvalue weighted by molar-refractivity contribution is 0.810. The van der Waals surface area contributed by atoms with Gasteiger partial charge in [0.2, 0.25) is 0 Å². The fourth-order valence-corrected chi connectivity index (χ4v) is 4.07. The van der Waals surface area contributed by atoms with Crippen molar-refractivity contribution in [3.63, 3.8) is 0 Å². The van der Waals surface area contributed by atoms with Crippen LogP contribution in [0.3, 0.4) is 0 Å². The number of aliphatic imine (C=N–C) groups is 1. The highest BCUT2D eigenvalue weighted by Gasteiger charge is 2.26. The first kappa shape index (κ1) is 26.6. The highest BCUT2D eigenvalue weighted by atomic mass is 14.7. The lowest BCUT2D eigenvalue weighted by Gasteiger charge is -2.28. The number of nitrogens with zero attached hydrogens (tertiary/aromatic N) is 1. The van der Waals surface area contributed by atoms with E-state index in [1.54, 1.807) is 0 Å². The SMILES string of the molecule is C#C.C=NC1=C(C(c2ccccc2)c2ccccc2)CCc2cc(C)ccc21.CC.CN. The van der Waals surface area contributed by atoms with Crippen molar-refractivity contribution in [3.8, 4) is 12.8 Å². The number of rotatable bonds is 4. The van der Waals surface area contributed by atoms with Crippen LogP contribution in [0.15, 0.2) is 89.4 Å². The fraction of sp³-hybridized carbons (Fsp3) is 0.233. The molecule has 0 fully saturated rings. The first-order valence-electron chi connectivity index (χ1n) is 11.1. The fourth-order valence-electron chi connectivity index (χ4n) is 4.07. The summed E-state index contributed by atoms with van der Waals surface area (Å²) >= 11 is 0. The Balaban J connectivity index is 0.000000789. The zero-order valence-corrected chi connectivity index (χ0v) is 19.9. The normalized spacial score (nSPS) is 11.5. The molecule has 2 nitrogen and oxygen atoms in total. The van der Waals surface area contributed by atoms with Gasteiger partial charge in [0.15, 0.2) is 0 Å². The number of nitrogens with two attached hydrogens (primary N) is 1. The number of fused-ring (bicyclic) bond motifs is 1. The number of terminal acetylenes is 1. The minimum Gasteiger partial charge on any atom is -0.333 e. The van der Waals surface area contributed by atoms with Crippen LogP contribution in [0.5, 0.6) is 0 Å². The lowest BCUT2D eigenvalue weighted by Crippen LogP contribution is -2.12. The van der Waals surface area contributed by atoms with Crippen LogP contribution in [0.1, 0.15) is 54.0 Å². The van der Waals surface area contributed by atoms with Crippen molar-refractivity contribution >= 4 is 12.4 Å². The predicted octanol–water partition coefficient (Wildman–Crippen LogP) is 7.04. The zero-order valence-electron chi connectivity index (χ0n) is 19.9. The topological polar surface area (TPSA) is 38.4 Å². The maximum Gasteiger partial charge on any atom is 0.0699 e.